The molecule has 0 aromatic heterocycles. The largest absolute Gasteiger partial charge is 0.481 e. The van der Waals surface area contributed by atoms with E-state index in [1.165, 1.54) is 13.0 Å². The Balaban J connectivity index is 0.000000646. The van der Waals surface area contributed by atoms with Gasteiger partial charge in [0.2, 0.25) is 10.0 Å². The Bertz CT molecular complexity index is 925. The van der Waals surface area contributed by atoms with Gasteiger partial charge in [-0.1, -0.05) is 31.2 Å². The number of fused-ring (bicyclic) bond motifs is 1. The van der Waals surface area contributed by atoms with Gasteiger partial charge in [0.1, 0.15) is 6.04 Å². The van der Waals surface area contributed by atoms with E-state index in [0.29, 0.717) is 5.39 Å². The van der Waals surface area contributed by atoms with Crippen molar-refractivity contribution in [1.82, 2.24) is 4.72 Å². The zero-order chi connectivity index (χ0) is 20.8. The van der Waals surface area contributed by atoms with Gasteiger partial charge < -0.3 is 15.1 Å². The Labute approximate surface area is 158 Å². The van der Waals surface area contributed by atoms with Crippen molar-refractivity contribution in [2.75, 3.05) is 19.0 Å². The van der Waals surface area contributed by atoms with Crippen molar-refractivity contribution in [3.8, 4) is 0 Å². The first-order chi connectivity index (χ1) is 12.5. The van der Waals surface area contributed by atoms with E-state index in [1.54, 1.807) is 25.1 Å². The summed E-state index contributed by atoms with van der Waals surface area (Å²) in [6.07, 6.45) is 0.222. The zero-order valence-electron chi connectivity index (χ0n) is 15.6. The number of hydrogen-bond donors (Lipinski definition) is 3. The van der Waals surface area contributed by atoms with Crippen LogP contribution < -0.4 is 9.62 Å². The molecule has 0 saturated heterocycles. The van der Waals surface area contributed by atoms with E-state index < -0.39 is 28.0 Å². The van der Waals surface area contributed by atoms with Crippen LogP contribution in [-0.4, -0.2) is 50.7 Å². The molecule has 2 rings (SSSR count). The number of carboxylic acid groups (broad SMARTS) is 2. The highest BCUT2D eigenvalue weighted by molar-refractivity contribution is 7.89. The Morgan fingerprint density at radius 1 is 1.07 bits per heavy atom. The quantitative estimate of drug-likeness (QED) is 0.683. The van der Waals surface area contributed by atoms with Crippen molar-refractivity contribution >= 4 is 38.4 Å². The minimum absolute atomic E-state index is 0.0711. The van der Waals surface area contributed by atoms with Crippen molar-refractivity contribution in [2.45, 2.75) is 31.2 Å². The van der Waals surface area contributed by atoms with E-state index in [4.69, 9.17) is 10.2 Å². The molecular formula is C18H24N2O6S. The molecule has 0 saturated carbocycles. The predicted molar refractivity (Wildman–Crippen MR) is 104 cm³/mol. The molecule has 9 heteroatoms. The Kier molecular flexibility index (Phi) is 7.74. The number of rotatable bonds is 6. The van der Waals surface area contributed by atoms with Crippen LogP contribution in [-0.2, 0) is 19.6 Å². The van der Waals surface area contributed by atoms with Crippen LogP contribution in [0.15, 0.2) is 41.3 Å². The van der Waals surface area contributed by atoms with E-state index in [1.807, 2.05) is 31.1 Å². The molecule has 0 heterocycles. The van der Waals surface area contributed by atoms with Crippen LogP contribution in [0.1, 0.15) is 20.3 Å². The van der Waals surface area contributed by atoms with Crippen LogP contribution in [0.2, 0.25) is 0 Å². The highest BCUT2D eigenvalue weighted by atomic mass is 32.2. The standard InChI is InChI=1S/C15H18N2O4S.C3H6O2/c1-10(15(18)19)16-22(20,21)14-9-5-6-11-12(14)7-4-8-13(11)17(2)3;1-2-3(4)5/h4-10,16H,1-3H3,(H,18,19);2H2,1H3,(H,4,5)/t10-;/m0./s1. The summed E-state index contributed by atoms with van der Waals surface area (Å²) in [7, 11) is -0.172. The van der Waals surface area contributed by atoms with E-state index in [2.05, 4.69) is 4.72 Å². The van der Waals surface area contributed by atoms with Crippen LogP contribution in [0.4, 0.5) is 5.69 Å². The van der Waals surface area contributed by atoms with Gasteiger partial charge in [0.15, 0.2) is 0 Å². The molecule has 8 nitrogen and oxygen atoms in total. The number of hydrogen-bond acceptors (Lipinski definition) is 5. The third kappa shape index (κ3) is 5.93. The van der Waals surface area contributed by atoms with Gasteiger partial charge >= 0.3 is 11.9 Å². The molecule has 0 aliphatic heterocycles. The predicted octanol–water partition coefficient (Wildman–Crippen LogP) is 2.14. The van der Waals surface area contributed by atoms with Crippen LogP contribution in [0.25, 0.3) is 10.8 Å². The molecule has 0 amide bonds. The Morgan fingerprint density at radius 3 is 2.07 bits per heavy atom. The maximum atomic E-state index is 12.5. The van der Waals surface area contributed by atoms with Gasteiger partial charge in [-0.2, -0.15) is 4.72 Å². The van der Waals surface area contributed by atoms with E-state index in [9.17, 15) is 18.0 Å². The highest BCUT2D eigenvalue weighted by Crippen LogP contribution is 2.30. The molecule has 148 valence electrons. The van der Waals surface area contributed by atoms with E-state index in [-0.39, 0.29) is 11.3 Å². The molecule has 1 atom stereocenters. The normalized spacial score (nSPS) is 12.0. The van der Waals surface area contributed by atoms with Gasteiger partial charge in [0, 0.05) is 37.0 Å². The molecule has 0 radical (unpaired) electrons. The summed E-state index contributed by atoms with van der Waals surface area (Å²) >= 11 is 0. The van der Waals surface area contributed by atoms with Gasteiger partial charge in [-0.25, -0.2) is 8.42 Å². The van der Waals surface area contributed by atoms with Crippen molar-refractivity contribution in [3.05, 3.63) is 36.4 Å². The summed E-state index contributed by atoms with van der Waals surface area (Å²) in [5.74, 6) is -1.97. The average molecular weight is 396 g/mol. The average Bonchev–Trinajstić information content (AvgIpc) is 2.60. The molecule has 0 spiro atoms. The highest BCUT2D eigenvalue weighted by Gasteiger charge is 2.23. The first-order valence-electron chi connectivity index (χ1n) is 8.17. The minimum Gasteiger partial charge on any atom is -0.481 e. The van der Waals surface area contributed by atoms with Crippen molar-refractivity contribution < 1.29 is 28.2 Å². The third-order valence-corrected chi connectivity index (χ3v) is 5.23. The summed E-state index contributed by atoms with van der Waals surface area (Å²) in [5, 5.41) is 18.0. The lowest BCUT2D eigenvalue weighted by Crippen LogP contribution is -2.38. The van der Waals surface area contributed by atoms with E-state index in [0.717, 1.165) is 11.1 Å². The second-order valence-electron chi connectivity index (χ2n) is 5.95. The number of aliphatic carboxylic acids is 2. The fourth-order valence-electron chi connectivity index (χ4n) is 2.24. The minimum atomic E-state index is -3.92. The summed E-state index contributed by atoms with van der Waals surface area (Å²) < 4.78 is 27.1. The van der Waals surface area contributed by atoms with Crippen LogP contribution in [0, 0.1) is 0 Å². The molecule has 0 unspecified atom stereocenters. The zero-order valence-corrected chi connectivity index (χ0v) is 16.4. The van der Waals surface area contributed by atoms with Crippen LogP contribution in [0.5, 0.6) is 0 Å². The third-order valence-electron chi connectivity index (χ3n) is 3.64. The van der Waals surface area contributed by atoms with Crippen molar-refractivity contribution in [3.63, 3.8) is 0 Å². The Hall–Kier alpha value is -2.65. The molecule has 0 fully saturated rings. The lowest BCUT2D eigenvalue weighted by Gasteiger charge is -2.17. The van der Waals surface area contributed by atoms with Gasteiger partial charge in [-0.3, -0.25) is 9.59 Å². The molecule has 2 aromatic rings. The molecular weight excluding hydrogens is 372 g/mol. The topological polar surface area (TPSA) is 124 Å². The number of sulfonamides is 1. The number of nitrogens with zero attached hydrogens (tertiary/aromatic N) is 1. The molecule has 0 aliphatic carbocycles. The first-order valence-corrected chi connectivity index (χ1v) is 9.65. The second kappa shape index (κ2) is 9.33. The number of anilines is 1. The molecule has 27 heavy (non-hydrogen) atoms. The SMILES string of the molecule is CCC(=O)O.C[C@H](NS(=O)(=O)c1cccc2c(N(C)C)cccc12)C(=O)O. The molecule has 3 N–H and O–H groups in total. The monoisotopic (exact) mass is 396 g/mol. The number of carboxylic acids is 2. The fraction of sp³-hybridized carbons (Fsp3) is 0.333. The molecule has 0 aliphatic rings. The lowest BCUT2D eigenvalue weighted by atomic mass is 10.1. The van der Waals surface area contributed by atoms with Crippen LogP contribution >= 0.6 is 0 Å². The van der Waals surface area contributed by atoms with Gasteiger partial charge in [-0.05, 0) is 19.1 Å². The van der Waals surface area contributed by atoms with Gasteiger partial charge in [-0.15, -0.1) is 0 Å². The fourth-order valence-corrected chi connectivity index (χ4v) is 3.65. The summed E-state index contributed by atoms with van der Waals surface area (Å²) in [6.45, 7) is 2.89. The number of nitrogens with one attached hydrogen (secondary N) is 1. The van der Waals surface area contributed by atoms with Crippen LogP contribution in [0.3, 0.4) is 0 Å². The summed E-state index contributed by atoms with van der Waals surface area (Å²) in [6, 6.07) is 9.14. The number of carbonyl (C=O) groups is 2. The molecule has 0 bridgehead atoms. The first kappa shape index (κ1) is 22.4. The van der Waals surface area contributed by atoms with Gasteiger partial charge in [0.05, 0.1) is 4.90 Å². The van der Waals surface area contributed by atoms with Crippen molar-refractivity contribution in [2.24, 2.45) is 0 Å². The van der Waals surface area contributed by atoms with Gasteiger partial charge in [0.25, 0.3) is 0 Å². The smallest absolute Gasteiger partial charge is 0.321 e. The maximum absolute atomic E-state index is 12.5. The van der Waals surface area contributed by atoms with Crippen molar-refractivity contribution in [1.29, 1.82) is 0 Å². The maximum Gasteiger partial charge on any atom is 0.321 e. The second-order valence-corrected chi connectivity index (χ2v) is 7.63. The lowest BCUT2D eigenvalue weighted by molar-refractivity contribution is -0.138. The molecule has 2 aromatic carbocycles. The Morgan fingerprint density at radius 2 is 1.59 bits per heavy atom. The summed E-state index contributed by atoms with van der Waals surface area (Å²) in [4.78, 5) is 22.2. The van der Waals surface area contributed by atoms with E-state index >= 15 is 0 Å². The number of benzene rings is 2. The summed E-state index contributed by atoms with van der Waals surface area (Å²) in [5.41, 5.74) is 0.890.